The van der Waals surface area contributed by atoms with Crippen molar-refractivity contribution in [3.63, 3.8) is 0 Å². The van der Waals surface area contributed by atoms with Crippen LogP contribution in [0.5, 0.6) is 0 Å². The van der Waals surface area contributed by atoms with Gasteiger partial charge < -0.3 is 5.32 Å². The van der Waals surface area contributed by atoms with Crippen LogP contribution in [0.3, 0.4) is 0 Å². The second kappa shape index (κ2) is 7.86. The molecule has 0 aromatic rings. The van der Waals surface area contributed by atoms with Crippen molar-refractivity contribution in [2.45, 2.75) is 56.6 Å². The molecule has 0 radical (unpaired) electrons. The minimum absolute atomic E-state index is 0.739. The van der Waals surface area contributed by atoms with E-state index in [4.69, 9.17) is 0 Å². The summed E-state index contributed by atoms with van der Waals surface area (Å²) in [7, 11) is 0. The molecule has 1 aliphatic heterocycles. The number of hydrogen-bond donors (Lipinski definition) is 1. The van der Waals surface area contributed by atoms with Gasteiger partial charge in [-0.2, -0.15) is 23.5 Å². The summed E-state index contributed by atoms with van der Waals surface area (Å²) in [6, 6.07) is 0.739. The first-order valence-corrected chi connectivity index (χ1v) is 8.35. The summed E-state index contributed by atoms with van der Waals surface area (Å²) >= 11 is 4.34. The van der Waals surface area contributed by atoms with E-state index >= 15 is 0 Å². The third-order valence-corrected chi connectivity index (χ3v) is 6.14. The van der Waals surface area contributed by atoms with Crippen molar-refractivity contribution in [2.75, 3.05) is 18.1 Å². The average Bonchev–Trinajstić information content (AvgIpc) is 2.25. The smallest absolute Gasteiger partial charge is 0.0317 e. The van der Waals surface area contributed by atoms with Crippen LogP contribution in [0.1, 0.15) is 40.0 Å². The first-order chi connectivity index (χ1) is 7.29. The van der Waals surface area contributed by atoms with E-state index in [1.807, 2.05) is 0 Å². The molecule has 0 aromatic heterocycles. The fourth-order valence-electron chi connectivity index (χ4n) is 2.12. The maximum Gasteiger partial charge on any atom is 0.0317 e. The molecular formula is C12H25NS2. The molecule has 3 unspecified atom stereocenters. The van der Waals surface area contributed by atoms with Gasteiger partial charge in [0, 0.05) is 28.0 Å². The van der Waals surface area contributed by atoms with Gasteiger partial charge in [0.05, 0.1) is 0 Å². The predicted molar refractivity (Wildman–Crippen MR) is 75.2 cm³/mol. The van der Waals surface area contributed by atoms with E-state index in [0.29, 0.717) is 0 Å². The molecule has 90 valence electrons. The Kier molecular flexibility index (Phi) is 7.19. The Morgan fingerprint density at radius 1 is 1.20 bits per heavy atom. The zero-order valence-corrected chi connectivity index (χ0v) is 11.9. The van der Waals surface area contributed by atoms with E-state index in [0.717, 1.165) is 16.5 Å². The van der Waals surface area contributed by atoms with Crippen molar-refractivity contribution in [1.29, 1.82) is 0 Å². The lowest BCUT2D eigenvalue weighted by Gasteiger charge is -2.35. The van der Waals surface area contributed by atoms with Crippen molar-refractivity contribution in [2.24, 2.45) is 0 Å². The Morgan fingerprint density at radius 3 is 2.53 bits per heavy atom. The number of rotatable bonds is 6. The molecule has 1 aliphatic rings. The Hall–Kier alpha value is 0.660. The minimum Gasteiger partial charge on any atom is -0.313 e. The van der Waals surface area contributed by atoms with Gasteiger partial charge in [-0.15, -0.1) is 0 Å². The van der Waals surface area contributed by atoms with Gasteiger partial charge >= 0.3 is 0 Å². The fraction of sp³-hybridized carbons (Fsp3) is 1.00. The molecule has 0 spiro atoms. The van der Waals surface area contributed by atoms with Gasteiger partial charge in [-0.25, -0.2) is 0 Å². The lowest BCUT2D eigenvalue weighted by atomic mass is 10.1. The van der Waals surface area contributed by atoms with Gasteiger partial charge in [-0.05, 0) is 19.4 Å². The summed E-state index contributed by atoms with van der Waals surface area (Å²) in [6.45, 7) is 8.13. The van der Waals surface area contributed by atoms with Gasteiger partial charge in [0.25, 0.3) is 0 Å². The first kappa shape index (κ1) is 13.7. The second-order valence-electron chi connectivity index (χ2n) is 4.26. The zero-order valence-electron chi connectivity index (χ0n) is 10.3. The zero-order chi connectivity index (χ0) is 11.1. The molecule has 3 atom stereocenters. The summed E-state index contributed by atoms with van der Waals surface area (Å²) in [5.74, 6) is 2.68. The van der Waals surface area contributed by atoms with Gasteiger partial charge in [-0.3, -0.25) is 0 Å². The van der Waals surface area contributed by atoms with Gasteiger partial charge in [0.15, 0.2) is 0 Å². The van der Waals surface area contributed by atoms with E-state index < -0.39 is 0 Å². The van der Waals surface area contributed by atoms with Crippen LogP contribution in [0, 0.1) is 0 Å². The maximum absolute atomic E-state index is 3.74. The molecule has 1 fully saturated rings. The molecule has 1 nitrogen and oxygen atoms in total. The van der Waals surface area contributed by atoms with Crippen LogP contribution >= 0.6 is 23.5 Å². The summed E-state index contributed by atoms with van der Waals surface area (Å²) in [4.78, 5) is 0. The van der Waals surface area contributed by atoms with Crippen LogP contribution in [0.15, 0.2) is 0 Å². The SMILES string of the molecule is CCCNC(CCC)C1SCCSC1C. The summed E-state index contributed by atoms with van der Waals surface area (Å²) in [6.07, 6.45) is 3.89. The topological polar surface area (TPSA) is 12.0 Å². The molecule has 0 saturated carbocycles. The van der Waals surface area contributed by atoms with Crippen LogP contribution in [-0.4, -0.2) is 34.6 Å². The van der Waals surface area contributed by atoms with E-state index in [9.17, 15) is 0 Å². The highest BCUT2D eigenvalue weighted by molar-refractivity contribution is 8.07. The normalized spacial score (nSPS) is 29.0. The highest BCUT2D eigenvalue weighted by Crippen LogP contribution is 2.34. The van der Waals surface area contributed by atoms with E-state index in [2.05, 4.69) is 49.6 Å². The summed E-state index contributed by atoms with van der Waals surface area (Å²) in [5.41, 5.74) is 0. The van der Waals surface area contributed by atoms with E-state index in [-0.39, 0.29) is 0 Å². The molecule has 0 aliphatic carbocycles. The maximum atomic E-state index is 3.74. The standard InChI is InChI=1S/C12H25NS2/c1-4-6-11(13-7-5-2)12-10(3)14-8-9-15-12/h10-13H,4-9H2,1-3H3. The Balaban J connectivity index is 2.44. The van der Waals surface area contributed by atoms with Gasteiger partial charge in [0.1, 0.15) is 0 Å². The van der Waals surface area contributed by atoms with Crippen molar-refractivity contribution in [3.8, 4) is 0 Å². The molecule has 1 saturated heterocycles. The molecular weight excluding hydrogens is 222 g/mol. The Bertz CT molecular complexity index is 164. The molecule has 1 heterocycles. The van der Waals surface area contributed by atoms with Crippen molar-refractivity contribution in [3.05, 3.63) is 0 Å². The first-order valence-electron chi connectivity index (χ1n) is 6.26. The molecule has 0 bridgehead atoms. The fourth-order valence-corrected chi connectivity index (χ4v) is 5.12. The van der Waals surface area contributed by atoms with Crippen molar-refractivity contribution >= 4 is 23.5 Å². The Morgan fingerprint density at radius 2 is 1.93 bits per heavy atom. The number of hydrogen-bond acceptors (Lipinski definition) is 3. The third-order valence-electron chi connectivity index (χ3n) is 2.89. The molecule has 15 heavy (non-hydrogen) atoms. The van der Waals surface area contributed by atoms with Crippen LogP contribution in [0.2, 0.25) is 0 Å². The molecule has 3 heteroatoms. The lowest BCUT2D eigenvalue weighted by Crippen LogP contribution is -2.44. The summed E-state index contributed by atoms with van der Waals surface area (Å²) < 4.78 is 0. The minimum atomic E-state index is 0.739. The molecule has 0 amide bonds. The van der Waals surface area contributed by atoms with Crippen molar-refractivity contribution in [1.82, 2.24) is 5.32 Å². The highest BCUT2D eigenvalue weighted by atomic mass is 32.2. The molecule has 1 rings (SSSR count). The van der Waals surface area contributed by atoms with E-state index in [1.54, 1.807) is 0 Å². The van der Waals surface area contributed by atoms with E-state index in [1.165, 1.54) is 37.3 Å². The van der Waals surface area contributed by atoms with Crippen LogP contribution in [0.25, 0.3) is 0 Å². The Labute approximate surface area is 104 Å². The van der Waals surface area contributed by atoms with Crippen LogP contribution < -0.4 is 5.32 Å². The molecule has 0 aromatic carbocycles. The second-order valence-corrected chi connectivity index (χ2v) is 7.03. The average molecular weight is 247 g/mol. The summed E-state index contributed by atoms with van der Waals surface area (Å²) in [5, 5.41) is 5.39. The largest absolute Gasteiger partial charge is 0.313 e. The van der Waals surface area contributed by atoms with Gasteiger partial charge in [-0.1, -0.05) is 27.2 Å². The number of thioether (sulfide) groups is 2. The monoisotopic (exact) mass is 247 g/mol. The van der Waals surface area contributed by atoms with Crippen molar-refractivity contribution < 1.29 is 0 Å². The third kappa shape index (κ3) is 4.58. The number of nitrogens with one attached hydrogen (secondary N) is 1. The lowest BCUT2D eigenvalue weighted by molar-refractivity contribution is 0.457. The van der Waals surface area contributed by atoms with Crippen LogP contribution in [-0.2, 0) is 0 Å². The highest BCUT2D eigenvalue weighted by Gasteiger charge is 2.29. The van der Waals surface area contributed by atoms with Gasteiger partial charge in [0.2, 0.25) is 0 Å². The van der Waals surface area contributed by atoms with Crippen LogP contribution in [0.4, 0.5) is 0 Å². The molecule has 1 N–H and O–H groups in total. The predicted octanol–water partition coefficient (Wildman–Crippen LogP) is 3.39. The quantitative estimate of drug-likeness (QED) is 0.773.